The zero-order valence-electron chi connectivity index (χ0n) is 14.5. The molecule has 6 heteroatoms. The Bertz CT molecular complexity index is 745. The van der Waals surface area contributed by atoms with Crippen molar-refractivity contribution >= 4 is 17.2 Å². The molecule has 4 nitrogen and oxygen atoms in total. The van der Waals surface area contributed by atoms with Crippen LogP contribution >= 0.6 is 11.3 Å². The fourth-order valence-corrected chi connectivity index (χ4v) is 4.02. The Morgan fingerprint density at radius 1 is 1.40 bits per heavy atom. The molecule has 3 rings (SSSR count). The largest absolute Gasteiger partial charge is 0.372 e. The van der Waals surface area contributed by atoms with Gasteiger partial charge >= 0.3 is 0 Å². The Hall–Kier alpha value is -1.76. The number of nitrogens with one attached hydrogen (secondary N) is 1. The molecule has 0 fully saturated rings. The van der Waals surface area contributed by atoms with Gasteiger partial charge in [-0.1, -0.05) is 6.07 Å². The zero-order chi connectivity index (χ0) is 17.8. The molecule has 0 saturated carbocycles. The highest BCUT2D eigenvalue weighted by Crippen LogP contribution is 2.33. The van der Waals surface area contributed by atoms with Gasteiger partial charge in [0.25, 0.3) is 0 Å². The average molecular weight is 362 g/mol. The second-order valence-corrected chi connectivity index (χ2v) is 7.51. The van der Waals surface area contributed by atoms with E-state index in [0.717, 1.165) is 16.9 Å². The third-order valence-corrected chi connectivity index (χ3v) is 5.27. The molecule has 1 atom stereocenters. The molecule has 1 aliphatic rings. The number of halogens is 1. The van der Waals surface area contributed by atoms with E-state index in [4.69, 9.17) is 4.74 Å². The Labute approximate surface area is 151 Å². The molecule has 1 aromatic carbocycles. The molecule has 1 aromatic heterocycles. The van der Waals surface area contributed by atoms with Crippen LogP contribution in [0, 0.1) is 5.82 Å². The van der Waals surface area contributed by atoms with Gasteiger partial charge in [0.15, 0.2) is 0 Å². The fraction of sp³-hybridized carbons (Fsp3) is 0.421. The highest BCUT2D eigenvalue weighted by atomic mass is 32.1. The number of amides is 1. The summed E-state index contributed by atoms with van der Waals surface area (Å²) >= 11 is 1.65. The molecule has 0 aliphatic carbocycles. The first-order valence-electron chi connectivity index (χ1n) is 8.39. The lowest BCUT2D eigenvalue weighted by molar-refractivity contribution is -0.124. The van der Waals surface area contributed by atoms with E-state index in [1.54, 1.807) is 17.4 Å². The fourth-order valence-electron chi connectivity index (χ4n) is 3.02. The van der Waals surface area contributed by atoms with Crippen molar-refractivity contribution in [1.82, 2.24) is 10.2 Å². The van der Waals surface area contributed by atoms with Crippen molar-refractivity contribution in [3.8, 4) is 0 Å². The van der Waals surface area contributed by atoms with Gasteiger partial charge in [0.05, 0.1) is 13.0 Å². The van der Waals surface area contributed by atoms with E-state index in [2.05, 4.69) is 16.8 Å². The lowest BCUT2D eigenvalue weighted by atomic mass is 10.1. The summed E-state index contributed by atoms with van der Waals surface area (Å²) in [5.41, 5.74) is 2.82. The number of fused-ring (bicyclic) bond motifs is 1. The van der Waals surface area contributed by atoms with Gasteiger partial charge in [-0.25, -0.2) is 4.39 Å². The van der Waals surface area contributed by atoms with Gasteiger partial charge < -0.3 is 15.0 Å². The summed E-state index contributed by atoms with van der Waals surface area (Å²) in [7, 11) is 3.80. The van der Waals surface area contributed by atoms with Crippen LogP contribution in [0.2, 0.25) is 0 Å². The molecule has 25 heavy (non-hydrogen) atoms. The third kappa shape index (κ3) is 4.66. The first-order chi connectivity index (χ1) is 12.0. The van der Waals surface area contributed by atoms with E-state index in [9.17, 15) is 9.18 Å². The Morgan fingerprint density at radius 2 is 2.24 bits per heavy atom. The topological polar surface area (TPSA) is 41.6 Å². The average Bonchev–Trinajstić information content (AvgIpc) is 3.05. The van der Waals surface area contributed by atoms with Gasteiger partial charge in [-0.2, -0.15) is 0 Å². The van der Waals surface area contributed by atoms with Gasteiger partial charge in [-0.3, -0.25) is 4.79 Å². The predicted molar refractivity (Wildman–Crippen MR) is 97.0 cm³/mol. The van der Waals surface area contributed by atoms with E-state index in [0.29, 0.717) is 31.7 Å². The molecule has 0 bridgehead atoms. The Kier molecular flexibility index (Phi) is 5.83. The summed E-state index contributed by atoms with van der Waals surface area (Å²) in [6.07, 6.45) is 1.08. The molecular weight excluding hydrogens is 339 g/mol. The molecule has 2 aromatic rings. The van der Waals surface area contributed by atoms with E-state index in [-0.39, 0.29) is 17.8 Å². The van der Waals surface area contributed by atoms with Crippen LogP contribution in [-0.4, -0.2) is 31.5 Å². The number of carbonyl (C=O) groups is 1. The highest BCUT2D eigenvalue weighted by Gasteiger charge is 2.24. The minimum Gasteiger partial charge on any atom is -0.372 e. The van der Waals surface area contributed by atoms with Crippen molar-refractivity contribution in [2.45, 2.75) is 32.0 Å². The van der Waals surface area contributed by atoms with Crippen LogP contribution in [0.25, 0.3) is 0 Å². The quantitative estimate of drug-likeness (QED) is 0.858. The van der Waals surface area contributed by atoms with Crippen LogP contribution in [0.4, 0.5) is 4.39 Å². The molecule has 0 spiro atoms. The van der Waals surface area contributed by atoms with Crippen molar-refractivity contribution in [3.63, 3.8) is 0 Å². The van der Waals surface area contributed by atoms with Crippen molar-refractivity contribution in [2.24, 2.45) is 0 Å². The van der Waals surface area contributed by atoms with E-state index < -0.39 is 0 Å². The van der Waals surface area contributed by atoms with Crippen LogP contribution in [0.15, 0.2) is 29.6 Å². The first-order valence-corrected chi connectivity index (χ1v) is 9.27. The molecule has 1 unspecified atom stereocenters. The summed E-state index contributed by atoms with van der Waals surface area (Å²) in [4.78, 5) is 15.4. The lowest BCUT2D eigenvalue weighted by Gasteiger charge is -2.22. The second kappa shape index (κ2) is 8.08. The molecule has 1 N–H and O–H groups in total. The summed E-state index contributed by atoms with van der Waals surface area (Å²) in [5, 5.41) is 4.97. The number of thiophene rings is 1. The van der Waals surface area contributed by atoms with Crippen molar-refractivity contribution in [2.75, 3.05) is 20.7 Å². The number of hydrogen-bond acceptors (Lipinski definition) is 4. The minimum absolute atomic E-state index is 0.0512. The minimum atomic E-state index is -0.218. The number of ether oxygens (including phenoxy) is 1. The van der Waals surface area contributed by atoms with Crippen LogP contribution in [0.3, 0.4) is 0 Å². The number of hydrogen-bond donors (Lipinski definition) is 1. The molecule has 0 saturated heterocycles. The summed E-state index contributed by atoms with van der Waals surface area (Å²) < 4.78 is 19.6. The summed E-state index contributed by atoms with van der Waals surface area (Å²) in [5.74, 6) is -0.269. The molecule has 0 radical (unpaired) electrons. The number of nitrogens with zero attached hydrogens (tertiary/aromatic N) is 1. The number of rotatable bonds is 6. The van der Waals surface area contributed by atoms with Gasteiger partial charge in [0.1, 0.15) is 11.9 Å². The zero-order valence-corrected chi connectivity index (χ0v) is 15.4. The van der Waals surface area contributed by atoms with Gasteiger partial charge in [-0.05, 0) is 55.2 Å². The third-order valence-electron chi connectivity index (χ3n) is 4.22. The number of carbonyl (C=O) groups excluding carboxylic acids is 1. The second-order valence-electron chi connectivity index (χ2n) is 6.56. The first kappa shape index (κ1) is 18.0. The maximum atomic E-state index is 13.8. The van der Waals surface area contributed by atoms with Crippen molar-refractivity contribution < 1.29 is 13.9 Å². The summed E-state index contributed by atoms with van der Waals surface area (Å²) in [6, 6.07) is 7.09. The van der Waals surface area contributed by atoms with Gasteiger partial charge in [0, 0.05) is 23.5 Å². The smallest absolute Gasteiger partial charge is 0.223 e. The number of benzene rings is 1. The van der Waals surface area contributed by atoms with E-state index in [1.807, 2.05) is 25.1 Å². The SMILES string of the molecule is CN(C)Cc1cc(CNC(=O)CC2OCCc3ccsc32)ccc1F. The normalized spacial score (nSPS) is 16.7. The van der Waals surface area contributed by atoms with E-state index >= 15 is 0 Å². The van der Waals surface area contributed by atoms with Gasteiger partial charge in [0.2, 0.25) is 5.91 Å². The molecule has 1 amide bonds. The summed E-state index contributed by atoms with van der Waals surface area (Å²) in [6.45, 7) is 1.59. The molecular formula is C19H23FN2O2S. The highest BCUT2D eigenvalue weighted by molar-refractivity contribution is 7.10. The van der Waals surface area contributed by atoms with Crippen LogP contribution in [-0.2, 0) is 29.0 Å². The van der Waals surface area contributed by atoms with Crippen LogP contribution < -0.4 is 5.32 Å². The van der Waals surface area contributed by atoms with Crippen molar-refractivity contribution in [3.05, 3.63) is 57.0 Å². The van der Waals surface area contributed by atoms with Crippen LogP contribution in [0.1, 0.15) is 34.1 Å². The molecule has 134 valence electrons. The monoisotopic (exact) mass is 362 g/mol. The molecule has 1 aliphatic heterocycles. The van der Waals surface area contributed by atoms with Crippen molar-refractivity contribution in [1.29, 1.82) is 0 Å². The molecule has 2 heterocycles. The van der Waals surface area contributed by atoms with Crippen LogP contribution in [0.5, 0.6) is 0 Å². The predicted octanol–water partition coefficient (Wildman–Crippen LogP) is 3.27. The standard InChI is InChI=1S/C19H23FN2O2S/c1-22(2)12-15-9-13(3-4-16(15)20)11-21-18(23)10-17-19-14(5-7-24-17)6-8-25-19/h3-4,6,8-9,17H,5,7,10-12H2,1-2H3,(H,21,23). The Balaban J connectivity index is 1.56. The van der Waals surface area contributed by atoms with E-state index in [1.165, 1.54) is 11.6 Å². The maximum absolute atomic E-state index is 13.8. The lowest BCUT2D eigenvalue weighted by Crippen LogP contribution is -2.27. The maximum Gasteiger partial charge on any atom is 0.223 e. The van der Waals surface area contributed by atoms with Gasteiger partial charge in [-0.15, -0.1) is 11.3 Å². The Morgan fingerprint density at radius 3 is 3.04 bits per heavy atom.